The second-order valence-corrected chi connectivity index (χ2v) is 10.1. The van der Waals surface area contributed by atoms with Crippen molar-refractivity contribution in [3.8, 4) is 0 Å². The first-order valence-corrected chi connectivity index (χ1v) is 12.1. The molecule has 1 aliphatic rings. The van der Waals surface area contributed by atoms with Gasteiger partial charge in [0.2, 0.25) is 4.77 Å². The highest BCUT2D eigenvalue weighted by Gasteiger charge is 2.42. The van der Waals surface area contributed by atoms with Gasteiger partial charge in [0.05, 0.1) is 12.7 Å². The second kappa shape index (κ2) is 8.66. The molecule has 0 aromatic carbocycles. The number of anilines is 1. The Morgan fingerprint density at radius 3 is 2.46 bits per heavy atom. The van der Waals surface area contributed by atoms with Gasteiger partial charge in [-0.25, -0.2) is 18.7 Å². The highest BCUT2D eigenvalue weighted by molar-refractivity contribution is 7.71. The number of nitrogen functional groups attached to an aromatic ring is 1. The molecule has 15 nitrogen and oxygen atoms in total. The van der Waals surface area contributed by atoms with Crippen molar-refractivity contribution in [1.82, 2.24) is 9.55 Å². The SMILES string of the molecule is Nc1ccn([C@H]2C[C@H](O)[C@@H](COP(=O)(O)OP(=O)(O)OP(=O)(O)O)O2)c(=S)n1. The van der Waals surface area contributed by atoms with Crippen LogP contribution in [0.4, 0.5) is 5.82 Å². The van der Waals surface area contributed by atoms with E-state index in [9.17, 15) is 23.7 Å². The lowest BCUT2D eigenvalue weighted by atomic mass is 10.2. The number of hydrogen-bond acceptors (Lipinski definition) is 11. The van der Waals surface area contributed by atoms with Gasteiger partial charge in [-0.2, -0.15) is 8.62 Å². The minimum atomic E-state index is -5.63. The van der Waals surface area contributed by atoms with Crippen LogP contribution in [0, 0.1) is 4.77 Å². The summed E-state index contributed by atoms with van der Waals surface area (Å²) in [5.74, 6) is 0.170. The molecule has 0 aliphatic carbocycles. The first-order chi connectivity index (χ1) is 12.7. The molecule has 2 unspecified atom stereocenters. The molecule has 160 valence electrons. The van der Waals surface area contributed by atoms with Gasteiger partial charge in [-0.3, -0.25) is 9.09 Å². The number of rotatable bonds is 8. The van der Waals surface area contributed by atoms with Gasteiger partial charge in [0.1, 0.15) is 18.1 Å². The quantitative estimate of drug-likeness (QED) is 0.214. The summed E-state index contributed by atoms with van der Waals surface area (Å²) in [4.78, 5) is 39.2. The zero-order valence-corrected chi connectivity index (χ0v) is 17.1. The molecule has 2 rings (SSSR count). The van der Waals surface area contributed by atoms with E-state index in [2.05, 4.69) is 18.1 Å². The molecule has 0 bridgehead atoms. The second-order valence-electron chi connectivity index (χ2n) is 5.36. The van der Waals surface area contributed by atoms with Crippen molar-refractivity contribution in [3.05, 3.63) is 17.0 Å². The predicted molar refractivity (Wildman–Crippen MR) is 91.8 cm³/mol. The summed E-state index contributed by atoms with van der Waals surface area (Å²) in [7, 11) is -16.4. The Kier molecular flexibility index (Phi) is 7.33. The van der Waals surface area contributed by atoms with E-state index in [0.717, 1.165) is 0 Å². The lowest BCUT2D eigenvalue weighted by molar-refractivity contribution is -0.0443. The van der Waals surface area contributed by atoms with Crippen LogP contribution < -0.4 is 5.73 Å². The van der Waals surface area contributed by atoms with Gasteiger partial charge >= 0.3 is 23.5 Å². The van der Waals surface area contributed by atoms with Gasteiger partial charge in [0.25, 0.3) is 0 Å². The van der Waals surface area contributed by atoms with E-state index in [-0.39, 0.29) is 17.0 Å². The maximum Gasteiger partial charge on any atom is 0.490 e. The fourth-order valence-corrected chi connectivity index (χ4v) is 5.47. The predicted octanol–water partition coefficient (Wildman–Crippen LogP) is 0.186. The lowest BCUT2D eigenvalue weighted by Gasteiger charge is -2.19. The standard InChI is InChI=1S/C9H16N3O12P3S/c10-7-1-2-12(9(28)11-7)8-3-5(13)6(22-8)4-21-26(17,18)24-27(19,20)23-25(14,15)16/h1-2,5-6,8,13H,3-4H2,(H,17,18)(H,19,20)(H2,10,11,28)(H2,14,15,16)/t5-,6+,8+/m0/s1. The molecule has 1 aliphatic heterocycles. The summed E-state index contributed by atoms with van der Waals surface area (Å²) in [5.41, 5.74) is 5.49. The average Bonchev–Trinajstić information content (AvgIpc) is 2.82. The van der Waals surface area contributed by atoms with Crippen LogP contribution in [-0.4, -0.2) is 53.0 Å². The number of nitrogens with two attached hydrogens (primary N) is 1. The molecule has 0 spiro atoms. The Hall–Kier alpha value is -0.570. The van der Waals surface area contributed by atoms with Crippen molar-refractivity contribution >= 4 is 41.5 Å². The number of ether oxygens (including phenoxy) is 1. The summed E-state index contributed by atoms with van der Waals surface area (Å²) in [6.07, 6.45) is -1.69. The molecule has 5 atom stereocenters. The molecular weight excluding hydrogens is 467 g/mol. The van der Waals surface area contributed by atoms with Crippen LogP contribution in [0.2, 0.25) is 0 Å². The lowest BCUT2D eigenvalue weighted by Crippen LogP contribution is -2.26. The molecule has 2 heterocycles. The van der Waals surface area contributed by atoms with E-state index in [4.69, 9.17) is 37.4 Å². The van der Waals surface area contributed by atoms with Crippen molar-refractivity contribution < 1.29 is 56.3 Å². The number of aliphatic hydroxyl groups is 1. The van der Waals surface area contributed by atoms with Crippen molar-refractivity contribution in [2.75, 3.05) is 12.3 Å². The molecule has 7 N–H and O–H groups in total. The summed E-state index contributed by atoms with van der Waals surface area (Å²) in [6.45, 7) is -0.781. The summed E-state index contributed by atoms with van der Waals surface area (Å²) in [5, 5.41) is 10.0. The van der Waals surface area contributed by atoms with E-state index in [1.807, 2.05) is 0 Å². The number of phosphoric ester groups is 1. The number of hydrogen-bond donors (Lipinski definition) is 6. The Morgan fingerprint density at radius 2 is 1.89 bits per heavy atom. The molecule has 1 fully saturated rings. The molecule has 28 heavy (non-hydrogen) atoms. The minimum absolute atomic E-state index is 0.00430. The Balaban J connectivity index is 1.98. The molecule has 1 aromatic rings. The monoisotopic (exact) mass is 483 g/mol. The largest absolute Gasteiger partial charge is 0.490 e. The maximum atomic E-state index is 11.7. The van der Waals surface area contributed by atoms with Crippen LogP contribution in [0.15, 0.2) is 12.3 Å². The van der Waals surface area contributed by atoms with Gasteiger partial charge in [0, 0.05) is 12.6 Å². The van der Waals surface area contributed by atoms with Gasteiger partial charge in [-0.15, -0.1) is 0 Å². The molecule has 0 saturated carbocycles. The molecule has 1 aromatic heterocycles. The van der Waals surface area contributed by atoms with Crippen LogP contribution in [0.25, 0.3) is 0 Å². The van der Waals surface area contributed by atoms with Crippen LogP contribution >= 0.6 is 35.7 Å². The van der Waals surface area contributed by atoms with E-state index in [1.165, 1.54) is 16.8 Å². The van der Waals surface area contributed by atoms with Gasteiger partial charge < -0.3 is 35.2 Å². The number of nitrogens with zero attached hydrogens (tertiary/aromatic N) is 2. The highest BCUT2D eigenvalue weighted by atomic mass is 32.1. The zero-order chi connectivity index (χ0) is 21.3. The molecule has 0 amide bonds. The fourth-order valence-electron chi connectivity index (χ4n) is 2.15. The highest BCUT2D eigenvalue weighted by Crippen LogP contribution is 2.66. The maximum absolute atomic E-state index is 11.7. The zero-order valence-electron chi connectivity index (χ0n) is 13.6. The first-order valence-electron chi connectivity index (χ1n) is 7.14. The summed E-state index contributed by atoms with van der Waals surface area (Å²) in [6, 6.07) is 1.44. The Morgan fingerprint density at radius 1 is 1.25 bits per heavy atom. The number of aliphatic hydroxyl groups excluding tert-OH is 1. The van der Waals surface area contributed by atoms with Crippen molar-refractivity contribution in [1.29, 1.82) is 0 Å². The third-order valence-electron chi connectivity index (χ3n) is 3.18. The van der Waals surface area contributed by atoms with E-state index in [1.54, 1.807) is 0 Å². The first kappa shape index (κ1) is 23.7. The van der Waals surface area contributed by atoms with Gasteiger partial charge in [-0.05, 0) is 18.3 Å². The van der Waals surface area contributed by atoms with E-state index < -0.39 is 48.5 Å². The number of phosphoric acid groups is 3. The van der Waals surface area contributed by atoms with Gasteiger partial charge in [0.15, 0.2) is 0 Å². The minimum Gasteiger partial charge on any atom is -0.390 e. The van der Waals surface area contributed by atoms with Crippen LogP contribution in [0.3, 0.4) is 0 Å². The van der Waals surface area contributed by atoms with E-state index >= 15 is 0 Å². The average molecular weight is 483 g/mol. The Bertz CT molecular complexity index is 919. The molecule has 1 saturated heterocycles. The van der Waals surface area contributed by atoms with Crippen molar-refractivity contribution in [2.24, 2.45) is 0 Å². The normalized spacial score (nSPS) is 27.2. The molecule has 0 radical (unpaired) electrons. The number of aromatic nitrogens is 2. The van der Waals surface area contributed by atoms with Crippen molar-refractivity contribution in [2.45, 2.75) is 24.9 Å². The van der Waals surface area contributed by atoms with E-state index in [0.29, 0.717) is 0 Å². The smallest absolute Gasteiger partial charge is 0.390 e. The van der Waals surface area contributed by atoms with Crippen LogP contribution in [-0.2, 0) is 31.6 Å². The molecular formula is C9H16N3O12P3S. The third kappa shape index (κ3) is 7.04. The summed E-state index contributed by atoms with van der Waals surface area (Å²) < 4.78 is 52.0. The third-order valence-corrected chi connectivity index (χ3v) is 7.29. The fraction of sp³-hybridized carbons (Fsp3) is 0.556. The Labute approximate surface area is 162 Å². The van der Waals surface area contributed by atoms with Gasteiger partial charge in [-0.1, -0.05) is 0 Å². The topological polar surface area (TPSA) is 233 Å². The van der Waals surface area contributed by atoms with Crippen LogP contribution in [0.5, 0.6) is 0 Å². The molecule has 19 heteroatoms. The van der Waals surface area contributed by atoms with Crippen LogP contribution in [0.1, 0.15) is 12.6 Å². The summed E-state index contributed by atoms with van der Waals surface area (Å²) >= 11 is 5.02. The van der Waals surface area contributed by atoms with Crippen molar-refractivity contribution in [3.63, 3.8) is 0 Å².